The molecule has 0 spiro atoms. The monoisotopic (exact) mass is 294 g/mol. The van der Waals surface area contributed by atoms with Crippen LogP contribution in [0.15, 0.2) is 29.6 Å². The van der Waals surface area contributed by atoms with Crippen LogP contribution >= 0.6 is 11.3 Å². The van der Waals surface area contributed by atoms with Gasteiger partial charge in [0.2, 0.25) is 0 Å². The largest absolute Gasteiger partial charge is 0.457 e. The number of benzene rings is 1. The normalized spacial score (nSPS) is 10.2. The van der Waals surface area contributed by atoms with Gasteiger partial charge in [0, 0.05) is 10.9 Å². The zero-order valence-corrected chi connectivity index (χ0v) is 11.2. The quantitative estimate of drug-likeness (QED) is 0.672. The lowest BCUT2D eigenvalue weighted by molar-refractivity contribution is -0.141. The van der Waals surface area contributed by atoms with Crippen molar-refractivity contribution in [1.29, 1.82) is 0 Å². The third kappa shape index (κ3) is 3.86. The number of nitrogens with zero attached hydrogens (tertiary/aromatic N) is 1. The number of esters is 1. The molecule has 0 unspecified atom stereocenters. The van der Waals surface area contributed by atoms with E-state index >= 15 is 0 Å². The number of ketones is 1. The van der Waals surface area contributed by atoms with Gasteiger partial charge in [0.05, 0.1) is 12.1 Å². The number of anilines is 1. The van der Waals surface area contributed by atoms with Crippen molar-refractivity contribution in [3.8, 4) is 0 Å². The van der Waals surface area contributed by atoms with Gasteiger partial charge < -0.3 is 10.5 Å². The SMILES string of the molecule is Nc1nc(CC(=O)OCC(=O)c2ccc(F)cc2)cs1. The van der Waals surface area contributed by atoms with Crippen molar-refractivity contribution in [1.82, 2.24) is 4.98 Å². The molecule has 1 heterocycles. The fourth-order valence-electron chi connectivity index (χ4n) is 1.47. The Morgan fingerprint density at radius 1 is 1.30 bits per heavy atom. The van der Waals surface area contributed by atoms with Crippen LogP contribution in [0.25, 0.3) is 0 Å². The van der Waals surface area contributed by atoms with Gasteiger partial charge in [0.25, 0.3) is 0 Å². The molecule has 104 valence electrons. The number of nitrogen functional groups attached to an aromatic ring is 1. The summed E-state index contributed by atoms with van der Waals surface area (Å²) in [6.45, 7) is -0.385. The topological polar surface area (TPSA) is 82.3 Å². The molecule has 2 aromatic rings. The second-order valence-electron chi connectivity index (χ2n) is 3.94. The van der Waals surface area contributed by atoms with Crippen molar-refractivity contribution in [2.45, 2.75) is 6.42 Å². The van der Waals surface area contributed by atoms with E-state index in [0.29, 0.717) is 10.8 Å². The van der Waals surface area contributed by atoms with Gasteiger partial charge in [-0.15, -0.1) is 11.3 Å². The minimum atomic E-state index is -0.564. The molecule has 0 saturated carbocycles. The van der Waals surface area contributed by atoms with E-state index in [1.165, 1.54) is 35.6 Å². The number of rotatable bonds is 5. The van der Waals surface area contributed by atoms with E-state index in [1.54, 1.807) is 5.38 Å². The highest BCUT2D eigenvalue weighted by Crippen LogP contribution is 2.12. The van der Waals surface area contributed by atoms with E-state index < -0.39 is 17.6 Å². The van der Waals surface area contributed by atoms with Crippen LogP contribution in [-0.4, -0.2) is 23.3 Å². The fraction of sp³-hybridized carbons (Fsp3) is 0.154. The van der Waals surface area contributed by atoms with Crippen LogP contribution < -0.4 is 5.73 Å². The molecular weight excluding hydrogens is 283 g/mol. The number of ether oxygens (including phenoxy) is 1. The Hall–Kier alpha value is -2.28. The van der Waals surface area contributed by atoms with Crippen molar-refractivity contribution < 1.29 is 18.7 Å². The summed E-state index contributed by atoms with van der Waals surface area (Å²) in [5.74, 6) is -1.39. The highest BCUT2D eigenvalue weighted by molar-refractivity contribution is 7.13. The lowest BCUT2D eigenvalue weighted by Crippen LogP contribution is -2.15. The maximum Gasteiger partial charge on any atom is 0.312 e. The molecular formula is C13H11FN2O3S. The van der Waals surface area contributed by atoms with E-state index in [0.717, 1.165) is 0 Å². The maximum absolute atomic E-state index is 12.7. The first kappa shape index (κ1) is 14.1. The molecule has 0 fully saturated rings. The Morgan fingerprint density at radius 3 is 2.60 bits per heavy atom. The van der Waals surface area contributed by atoms with E-state index in [1.807, 2.05) is 0 Å². The van der Waals surface area contributed by atoms with Crippen LogP contribution in [0.3, 0.4) is 0 Å². The lowest BCUT2D eigenvalue weighted by Gasteiger charge is -2.03. The number of carbonyl (C=O) groups excluding carboxylic acids is 2. The first-order valence-electron chi connectivity index (χ1n) is 5.69. The summed E-state index contributed by atoms with van der Waals surface area (Å²) < 4.78 is 17.5. The van der Waals surface area contributed by atoms with Crippen LogP contribution in [-0.2, 0) is 16.0 Å². The average molecular weight is 294 g/mol. The smallest absolute Gasteiger partial charge is 0.312 e. The van der Waals surface area contributed by atoms with Gasteiger partial charge in [-0.3, -0.25) is 9.59 Å². The minimum absolute atomic E-state index is 0.0373. The van der Waals surface area contributed by atoms with E-state index in [9.17, 15) is 14.0 Å². The Kier molecular flexibility index (Phi) is 4.41. The summed E-state index contributed by atoms with van der Waals surface area (Å²) in [5.41, 5.74) is 6.23. The molecule has 20 heavy (non-hydrogen) atoms. The Labute approximate surface area is 118 Å². The van der Waals surface area contributed by atoms with Gasteiger partial charge in [-0.2, -0.15) is 0 Å². The summed E-state index contributed by atoms with van der Waals surface area (Å²) in [7, 11) is 0. The van der Waals surface area contributed by atoms with E-state index in [2.05, 4.69) is 4.98 Å². The third-order valence-electron chi connectivity index (χ3n) is 2.43. The lowest BCUT2D eigenvalue weighted by atomic mass is 10.1. The predicted molar refractivity (Wildman–Crippen MR) is 71.9 cm³/mol. The van der Waals surface area contributed by atoms with Crippen LogP contribution in [0.2, 0.25) is 0 Å². The maximum atomic E-state index is 12.7. The third-order valence-corrected chi connectivity index (χ3v) is 3.15. The Morgan fingerprint density at radius 2 is 2.00 bits per heavy atom. The molecule has 0 atom stereocenters. The Balaban J connectivity index is 1.84. The molecule has 1 aromatic heterocycles. The van der Waals surface area contributed by atoms with Crippen molar-refractivity contribution in [2.75, 3.05) is 12.3 Å². The van der Waals surface area contributed by atoms with E-state index in [-0.39, 0.29) is 18.6 Å². The number of carbonyl (C=O) groups is 2. The van der Waals surface area contributed by atoms with Crippen LogP contribution in [0.5, 0.6) is 0 Å². The number of hydrogen-bond donors (Lipinski definition) is 1. The summed E-state index contributed by atoms with van der Waals surface area (Å²) in [4.78, 5) is 27.1. The van der Waals surface area contributed by atoms with Crippen LogP contribution in [0.4, 0.5) is 9.52 Å². The predicted octanol–water partition coefficient (Wildman–Crippen LogP) is 1.83. The van der Waals surface area contributed by atoms with Crippen molar-refractivity contribution >= 4 is 28.2 Å². The molecule has 0 saturated heterocycles. The molecule has 1 aromatic carbocycles. The second-order valence-corrected chi connectivity index (χ2v) is 4.83. The summed E-state index contributed by atoms with van der Waals surface area (Å²) in [6, 6.07) is 5.03. The number of Topliss-reactive ketones (excluding diaryl/α,β-unsaturated/α-hetero) is 1. The van der Waals surface area contributed by atoms with Gasteiger partial charge in [0.15, 0.2) is 17.5 Å². The van der Waals surface area contributed by atoms with Gasteiger partial charge in [-0.05, 0) is 24.3 Å². The van der Waals surface area contributed by atoms with Gasteiger partial charge >= 0.3 is 5.97 Å². The van der Waals surface area contributed by atoms with Crippen molar-refractivity contribution in [2.24, 2.45) is 0 Å². The van der Waals surface area contributed by atoms with Gasteiger partial charge in [-0.1, -0.05) is 0 Å². The zero-order valence-electron chi connectivity index (χ0n) is 10.3. The molecule has 0 amide bonds. The van der Waals surface area contributed by atoms with Crippen molar-refractivity contribution in [3.63, 3.8) is 0 Å². The van der Waals surface area contributed by atoms with Crippen molar-refractivity contribution in [3.05, 3.63) is 46.7 Å². The number of halogens is 1. The number of hydrogen-bond acceptors (Lipinski definition) is 6. The molecule has 0 aliphatic carbocycles. The molecule has 0 bridgehead atoms. The summed E-state index contributed by atoms with van der Waals surface area (Å²) in [5, 5.41) is 2.02. The first-order chi connectivity index (χ1) is 9.54. The van der Waals surface area contributed by atoms with Gasteiger partial charge in [-0.25, -0.2) is 9.37 Å². The summed E-state index contributed by atoms with van der Waals surface area (Å²) in [6.07, 6.45) is -0.0373. The van der Waals surface area contributed by atoms with Gasteiger partial charge in [0.1, 0.15) is 5.82 Å². The molecule has 2 N–H and O–H groups in total. The Bertz CT molecular complexity index is 625. The fourth-order valence-corrected chi connectivity index (χ4v) is 2.03. The van der Waals surface area contributed by atoms with Crippen LogP contribution in [0, 0.1) is 5.82 Å². The molecule has 5 nitrogen and oxygen atoms in total. The number of thiazole rings is 1. The molecule has 2 rings (SSSR count). The van der Waals surface area contributed by atoms with Crippen LogP contribution in [0.1, 0.15) is 16.1 Å². The molecule has 0 radical (unpaired) electrons. The highest BCUT2D eigenvalue weighted by Gasteiger charge is 2.12. The summed E-state index contributed by atoms with van der Waals surface area (Å²) >= 11 is 1.23. The number of nitrogens with two attached hydrogens (primary N) is 1. The zero-order chi connectivity index (χ0) is 14.5. The average Bonchev–Trinajstić information content (AvgIpc) is 2.82. The second kappa shape index (κ2) is 6.25. The molecule has 0 aliphatic rings. The number of aromatic nitrogens is 1. The minimum Gasteiger partial charge on any atom is -0.457 e. The highest BCUT2D eigenvalue weighted by atomic mass is 32.1. The van der Waals surface area contributed by atoms with E-state index in [4.69, 9.17) is 10.5 Å². The standard InChI is InChI=1S/C13H11FN2O3S/c14-9-3-1-8(2-4-9)11(17)6-19-12(18)5-10-7-20-13(15)16-10/h1-4,7H,5-6H2,(H2,15,16). The molecule has 0 aliphatic heterocycles. The first-order valence-corrected chi connectivity index (χ1v) is 6.57. The molecule has 7 heteroatoms.